The van der Waals surface area contributed by atoms with Crippen LogP contribution in [0.25, 0.3) is 17.2 Å². The molecule has 0 N–H and O–H groups in total. The first-order valence-corrected chi connectivity index (χ1v) is 8.30. The summed E-state index contributed by atoms with van der Waals surface area (Å²) in [6, 6.07) is 24.4. The highest BCUT2D eigenvalue weighted by Gasteiger charge is 2.33. The van der Waals surface area contributed by atoms with E-state index in [4.69, 9.17) is 0 Å². The molecule has 3 aromatic carbocycles. The van der Waals surface area contributed by atoms with Crippen molar-refractivity contribution < 1.29 is 0 Å². The van der Waals surface area contributed by atoms with Crippen LogP contribution in [0.5, 0.6) is 0 Å². The Morgan fingerprint density at radius 1 is 0.783 bits per heavy atom. The van der Waals surface area contributed by atoms with Gasteiger partial charge in [0, 0.05) is 5.92 Å². The first kappa shape index (κ1) is 12.9. The first-order chi connectivity index (χ1) is 11.3. The van der Waals surface area contributed by atoms with Gasteiger partial charge in [0.1, 0.15) is 0 Å². The Bertz CT molecular complexity index is 959. The fourth-order valence-electron chi connectivity index (χ4n) is 4.33. The zero-order valence-electron chi connectivity index (χ0n) is 13.2. The Morgan fingerprint density at radius 2 is 1.57 bits per heavy atom. The minimum atomic E-state index is 0.412. The Hall–Kier alpha value is -2.60. The third-order valence-electron chi connectivity index (χ3n) is 5.34. The minimum Gasteiger partial charge on any atom is -0.0619 e. The van der Waals surface area contributed by atoms with Crippen LogP contribution in [0.1, 0.15) is 33.7 Å². The number of rotatable bonds is 1. The molecule has 0 amide bonds. The second-order valence-electron chi connectivity index (χ2n) is 6.65. The Kier molecular flexibility index (Phi) is 2.63. The summed E-state index contributed by atoms with van der Waals surface area (Å²) in [7, 11) is 0. The van der Waals surface area contributed by atoms with E-state index in [-0.39, 0.29) is 0 Å². The molecule has 0 radical (unpaired) electrons. The highest BCUT2D eigenvalue weighted by molar-refractivity contribution is 5.83. The van der Waals surface area contributed by atoms with Crippen LogP contribution in [0.4, 0.5) is 0 Å². The van der Waals surface area contributed by atoms with Crippen LogP contribution in [0.3, 0.4) is 0 Å². The molecule has 2 aliphatic rings. The summed E-state index contributed by atoms with van der Waals surface area (Å²) in [5, 5.41) is 0. The molecule has 1 unspecified atom stereocenters. The predicted octanol–water partition coefficient (Wildman–Crippen LogP) is 5.75. The molecule has 0 heteroatoms. The molecule has 3 aromatic rings. The lowest BCUT2D eigenvalue weighted by atomic mass is 9.86. The summed E-state index contributed by atoms with van der Waals surface area (Å²) in [5.74, 6) is 0.412. The number of hydrogen-bond acceptors (Lipinski definition) is 0. The maximum absolute atomic E-state index is 2.42. The second kappa shape index (κ2) is 4.70. The molecule has 0 saturated heterocycles. The lowest BCUT2D eigenvalue weighted by molar-refractivity contribution is 0.935. The van der Waals surface area contributed by atoms with Crippen molar-refractivity contribution in [3.63, 3.8) is 0 Å². The SMILES string of the molecule is Cc1cccc2c1C(C1=Cc3ccccc3C1)c1ccccc1-2. The molecule has 0 saturated carbocycles. The Balaban J connectivity index is 1.73. The van der Waals surface area contributed by atoms with E-state index in [0.29, 0.717) is 5.92 Å². The average molecular weight is 294 g/mol. The van der Waals surface area contributed by atoms with Crippen LogP contribution in [0.2, 0.25) is 0 Å². The van der Waals surface area contributed by atoms with Crippen LogP contribution < -0.4 is 0 Å². The average Bonchev–Trinajstić information content (AvgIpc) is 3.14. The van der Waals surface area contributed by atoms with E-state index >= 15 is 0 Å². The summed E-state index contributed by atoms with van der Waals surface area (Å²) in [6.45, 7) is 2.25. The van der Waals surface area contributed by atoms with E-state index in [9.17, 15) is 0 Å². The smallest absolute Gasteiger partial charge is 0.0320 e. The molecular formula is C23H18. The van der Waals surface area contributed by atoms with Crippen LogP contribution >= 0.6 is 0 Å². The zero-order chi connectivity index (χ0) is 15.4. The van der Waals surface area contributed by atoms with Gasteiger partial charge in [0.05, 0.1) is 0 Å². The third kappa shape index (κ3) is 1.78. The van der Waals surface area contributed by atoms with Gasteiger partial charge in [0.2, 0.25) is 0 Å². The quantitative estimate of drug-likeness (QED) is 0.536. The standard InChI is InChI=1S/C23H18/c1-15-7-6-12-20-19-10-4-5-11-21(19)23(22(15)20)18-13-16-8-2-3-9-17(16)14-18/h2-13,23H,14H2,1H3. The van der Waals surface area contributed by atoms with Crippen molar-refractivity contribution in [2.45, 2.75) is 19.3 Å². The van der Waals surface area contributed by atoms with Gasteiger partial charge in [0.25, 0.3) is 0 Å². The van der Waals surface area contributed by atoms with Crippen molar-refractivity contribution in [3.8, 4) is 11.1 Å². The molecule has 0 aliphatic heterocycles. The lowest BCUT2D eigenvalue weighted by Gasteiger charge is -2.17. The lowest BCUT2D eigenvalue weighted by Crippen LogP contribution is -2.03. The monoisotopic (exact) mass is 294 g/mol. The number of benzene rings is 3. The Labute approximate surface area is 137 Å². The van der Waals surface area contributed by atoms with Crippen LogP contribution in [0, 0.1) is 6.92 Å². The first-order valence-electron chi connectivity index (χ1n) is 8.30. The molecule has 0 heterocycles. The van der Waals surface area contributed by atoms with E-state index in [1.807, 2.05) is 0 Å². The van der Waals surface area contributed by atoms with Gasteiger partial charge < -0.3 is 0 Å². The van der Waals surface area contributed by atoms with Crippen molar-refractivity contribution in [3.05, 3.63) is 100 Å². The summed E-state index contributed by atoms with van der Waals surface area (Å²) >= 11 is 0. The molecule has 0 nitrogen and oxygen atoms in total. The van der Waals surface area contributed by atoms with Crippen molar-refractivity contribution in [1.82, 2.24) is 0 Å². The summed E-state index contributed by atoms with van der Waals surface area (Å²) < 4.78 is 0. The molecule has 110 valence electrons. The fourth-order valence-corrected chi connectivity index (χ4v) is 4.33. The minimum absolute atomic E-state index is 0.412. The van der Waals surface area contributed by atoms with Gasteiger partial charge >= 0.3 is 0 Å². The predicted molar refractivity (Wildman–Crippen MR) is 96.6 cm³/mol. The topological polar surface area (TPSA) is 0 Å². The normalized spacial score (nSPS) is 17.4. The number of aryl methyl sites for hydroxylation is 1. The maximum atomic E-state index is 2.42. The van der Waals surface area contributed by atoms with E-state index in [2.05, 4.69) is 79.7 Å². The number of fused-ring (bicyclic) bond motifs is 4. The fraction of sp³-hybridized carbons (Fsp3) is 0.130. The van der Waals surface area contributed by atoms with E-state index in [1.165, 1.54) is 44.5 Å². The van der Waals surface area contributed by atoms with E-state index in [0.717, 1.165) is 6.42 Å². The largest absolute Gasteiger partial charge is 0.0619 e. The molecule has 2 aliphatic carbocycles. The van der Waals surface area contributed by atoms with Crippen molar-refractivity contribution >= 4 is 6.08 Å². The van der Waals surface area contributed by atoms with Gasteiger partial charge in [-0.3, -0.25) is 0 Å². The van der Waals surface area contributed by atoms with Gasteiger partial charge in [-0.1, -0.05) is 78.4 Å². The van der Waals surface area contributed by atoms with Gasteiger partial charge in [0.15, 0.2) is 0 Å². The van der Waals surface area contributed by atoms with Gasteiger partial charge in [-0.15, -0.1) is 0 Å². The molecule has 0 spiro atoms. The molecule has 0 bridgehead atoms. The molecular weight excluding hydrogens is 276 g/mol. The van der Waals surface area contributed by atoms with Crippen LogP contribution in [0.15, 0.2) is 72.3 Å². The van der Waals surface area contributed by atoms with Crippen LogP contribution in [-0.4, -0.2) is 0 Å². The molecule has 23 heavy (non-hydrogen) atoms. The Morgan fingerprint density at radius 3 is 2.48 bits per heavy atom. The zero-order valence-corrected chi connectivity index (χ0v) is 13.2. The summed E-state index contributed by atoms with van der Waals surface area (Å²) in [5.41, 5.74) is 11.6. The molecule has 1 atom stereocenters. The third-order valence-corrected chi connectivity index (χ3v) is 5.34. The molecule has 5 rings (SSSR count). The van der Waals surface area contributed by atoms with Gasteiger partial charge in [-0.25, -0.2) is 0 Å². The highest BCUT2D eigenvalue weighted by Crippen LogP contribution is 2.51. The highest BCUT2D eigenvalue weighted by atomic mass is 14.4. The van der Waals surface area contributed by atoms with Gasteiger partial charge in [-0.05, 0) is 52.3 Å². The van der Waals surface area contributed by atoms with Crippen LogP contribution in [-0.2, 0) is 6.42 Å². The van der Waals surface area contributed by atoms with Crippen molar-refractivity contribution in [1.29, 1.82) is 0 Å². The van der Waals surface area contributed by atoms with Gasteiger partial charge in [-0.2, -0.15) is 0 Å². The van der Waals surface area contributed by atoms with Crippen molar-refractivity contribution in [2.24, 2.45) is 0 Å². The maximum Gasteiger partial charge on any atom is 0.0320 e. The molecule has 0 fully saturated rings. The van der Waals surface area contributed by atoms with Crippen molar-refractivity contribution in [2.75, 3.05) is 0 Å². The molecule has 0 aromatic heterocycles. The summed E-state index contributed by atoms with van der Waals surface area (Å²) in [6.07, 6.45) is 3.49. The van der Waals surface area contributed by atoms with E-state index in [1.54, 1.807) is 0 Å². The number of hydrogen-bond donors (Lipinski definition) is 0. The van der Waals surface area contributed by atoms with E-state index < -0.39 is 0 Å². The second-order valence-corrected chi connectivity index (χ2v) is 6.65. The number of allylic oxidation sites excluding steroid dienone is 1. The summed E-state index contributed by atoms with van der Waals surface area (Å²) in [4.78, 5) is 0.